The third-order valence-electron chi connectivity index (χ3n) is 1.24. The first-order valence-electron chi connectivity index (χ1n) is 3.17. The van der Waals surface area contributed by atoms with Crippen molar-refractivity contribution in [2.45, 2.75) is 5.75 Å². The molecule has 0 aliphatic carbocycles. The zero-order valence-corrected chi connectivity index (χ0v) is 8.47. The van der Waals surface area contributed by atoms with Crippen LogP contribution in [0.3, 0.4) is 0 Å². The summed E-state index contributed by atoms with van der Waals surface area (Å²) in [6, 6.07) is 6.78. The van der Waals surface area contributed by atoms with Crippen LogP contribution in [0.15, 0.2) is 28.7 Å². The molecule has 0 aliphatic heterocycles. The molecule has 0 aliphatic rings. The zero-order chi connectivity index (χ0) is 9.19. The Kier molecular flexibility index (Phi) is 5.74. The predicted octanol–water partition coefficient (Wildman–Crippen LogP) is 1.19. The summed E-state index contributed by atoms with van der Waals surface area (Å²) >= 11 is 3.19. The van der Waals surface area contributed by atoms with Crippen LogP contribution in [0.1, 0.15) is 5.56 Å². The predicted molar refractivity (Wildman–Crippen MR) is 56.5 cm³/mol. The van der Waals surface area contributed by atoms with Gasteiger partial charge in [-0.2, -0.15) is 8.42 Å². The van der Waals surface area contributed by atoms with Gasteiger partial charge in [0.15, 0.2) is 0 Å². The Morgan fingerprint density at radius 3 is 2.46 bits per heavy atom. The Bertz CT molecular complexity index is 377. The SMILES string of the molecule is O=S(=O)(O)Cc1cccc(Br)c1.[NaH]. The summed E-state index contributed by atoms with van der Waals surface area (Å²) in [5.74, 6) is -0.341. The van der Waals surface area contributed by atoms with Crippen LogP contribution >= 0.6 is 15.9 Å². The van der Waals surface area contributed by atoms with Gasteiger partial charge in [-0.05, 0) is 17.7 Å². The van der Waals surface area contributed by atoms with Crippen molar-refractivity contribution < 1.29 is 13.0 Å². The van der Waals surface area contributed by atoms with Gasteiger partial charge in [-0.15, -0.1) is 0 Å². The molecule has 68 valence electrons. The van der Waals surface area contributed by atoms with Gasteiger partial charge in [-0.3, -0.25) is 4.55 Å². The molecule has 0 unspecified atom stereocenters. The second-order valence-electron chi connectivity index (χ2n) is 2.36. The van der Waals surface area contributed by atoms with E-state index in [1.165, 1.54) is 0 Å². The van der Waals surface area contributed by atoms with Crippen LogP contribution in [0.4, 0.5) is 0 Å². The summed E-state index contributed by atoms with van der Waals surface area (Å²) in [6.07, 6.45) is 0. The van der Waals surface area contributed by atoms with E-state index in [0.29, 0.717) is 5.56 Å². The minimum absolute atomic E-state index is 0. The van der Waals surface area contributed by atoms with Gasteiger partial charge in [0.1, 0.15) is 5.75 Å². The van der Waals surface area contributed by atoms with E-state index < -0.39 is 10.1 Å². The van der Waals surface area contributed by atoms with E-state index in [2.05, 4.69) is 15.9 Å². The third kappa shape index (κ3) is 5.83. The molecule has 0 aromatic heterocycles. The monoisotopic (exact) mass is 274 g/mol. The molecular weight excluding hydrogens is 267 g/mol. The average molecular weight is 275 g/mol. The number of hydrogen-bond donors (Lipinski definition) is 1. The Morgan fingerprint density at radius 1 is 1.38 bits per heavy atom. The summed E-state index contributed by atoms with van der Waals surface area (Å²) in [4.78, 5) is 0. The molecule has 1 rings (SSSR count). The number of hydrogen-bond acceptors (Lipinski definition) is 2. The van der Waals surface area contributed by atoms with Gasteiger partial charge < -0.3 is 0 Å². The van der Waals surface area contributed by atoms with Crippen molar-refractivity contribution in [2.75, 3.05) is 0 Å². The molecule has 1 N–H and O–H groups in total. The molecule has 0 atom stereocenters. The Morgan fingerprint density at radius 2 is 2.00 bits per heavy atom. The summed E-state index contributed by atoms with van der Waals surface area (Å²) < 4.78 is 30.2. The number of benzene rings is 1. The second-order valence-corrected chi connectivity index (χ2v) is 4.72. The quantitative estimate of drug-likeness (QED) is 0.651. The van der Waals surface area contributed by atoms with Crippen LogP contribution < -0.4 is 0 Å². The average Bonchev–Trinajstić information content (AvgIpc) is 1.82. The van der Waals surface area contributed by atoms with Crippen LogP contribution in [0, 0.1) is 0 Å². The topological polar surface area (TPSA) is 54.4 Å². The maximum atomic E-state index is 10.5. The van der Waals surface area contributed by atoms with Crippen LogP contribution in [-0.4, -0.2) is 42.5 Å². The first kappa shape index (κ1) is 13.6. The first-order valence-corrected chi connectivity index (χ1v) is 5.57. The van der Waals surface area contributed by atoms with Gasteiger partial charge in [0.05, 0.1) is 0 Å². The first-order chi connectivity index (χ1) is 5.47. The van der Waals surface area contributed by atoms with Gasteiger partial charge in [0.2, 0.25) is 0 Å². The fourth-order valence-corrected chi connectivity index (χ4v) is 1.88. The van der Waals surface area contributed by atoms with E-state index in [-0.39, 0.29) is 35.3 Å². The van der Waals surface area contributed by atoms with Crippen LogP contribution in [0.2, 0.25) is 0 Å². The molecule has 0 saturated carbocycles. The van der Waals surface area contributed by atoms with E-state index in [0.717, 1.165) is 4.47 Å². The van der Waals surface area contributed by atoms with Crippen molar-refractivity contribution in [3.8, 4) is 0 Å². The molecule has 0 radical (unpaired) electrons. The molecule has 1 aromatic carbocycles. The molecule has 3 nitrogen and oxygen atoms in total. The van der Waals surface area contributed by atoms with Gasteiger partial charge in [0.25, 0.3) is 10.1 Å². The fourth-order valence-electron chi connectivity index (χ4n) is 0.837. The minimum atomic E-state index is -3.91. The third-order valence-corrected chi connectivity index (χ3v) is 2.43. The van der Waals surface area contributed by atoms with E-state index >= 15 is 0 Å². The molecular formula is C7H8BrNaO3S. The Hall–Kier alpha value is 0.610. The van der Waals surface area contributed by atoms with Crippen molar-refractivity contribution in [1.29, 1.82) is 0 Å². The van der Waals surface area contributed by atoms with E-state index in [1.807, 2.05) is 0 Å². The van der Waals surface area contributed by atoms with E-state index in [4.69, 9.17) is 4.55 Å². The van der Waals surface area contributed by atoms with Crippen molar-refractivity contribution in [3.05, 3.63) is 34.3 Å². The van der Waals surface area contributed by atoms with Crippen LogP contribution in [0.5, 0.6) is 0 Å². The fraction of sp³-hybridized carbons (Fsp3) is 0.143. The van der Waals surface area contributed by atoms with Crippen LogP contribution in [-0.2, 0) is 15.9 Å². The molecule has 13 heavy (non-hydrogen) atoms. The standard InChI is InChI=1S/C7H7BrO3S.Na.H/c8-7-3-1-2-6(4-7)5-12(9,10)11;;/h1-4H,5H2,(H,9,10,11);;. The summed E-state index contributed by atoms with van der Waals surface area (Å²) in [7, 11) is -3.91. The van der Waals surface area contributed by atoms with Crippen molar-refractivity contribution in [2.24, 2.45) is 0 Å². The summed E-state index contributed by atoms with van der Waals surface area (Å²) in [6.45, 7) is 0. The van der Waals surface area contributed by atoms with Gasteiger partial charge in [-0.1, -0.05) is 28.1 Å². The summed E-state index contributed by atoms with van der Waals surface area (Å²) in [5, 5.41) is 0. The molecule has 0 fully saturated rings. The van der Waals surface area contributed by atoms with E-state index in [1.54, 1.807) is 24.3 Å². The molecule has 0 heterocycles. The van der Waals surface area contributed by atoms with Crippen molar-refractivity contribution in [3.63, 3.8) is 0 Å². The molecule has 0 spiro atoms. The number of rotatable bonds is 2. The zero-order valence-electron chi connectivity index (χ0n) is 6.07. The van der Waals surface area contributed by atoms with Gasteiger partial charge in [0, 0.05) is 4.47 Å². The molecule has 1 aromatic rings. The molecule has 6 heteroatoms. The number of halogens is 1. The molecule has 0 saturated heterocycles. The van der Waals surface area contributed by atoms with E-state index in [9.17, 15) is 8.42 Å². The second kappa shape index (κ2) is 5.48. The van der Waals surface area contributed by atoms with Crippen molar-refractivity contribution in [1.82, 2.24) is 0 Å². The van der Waals surface area contributed by atoms with Crippen LogP contribution in [0.25, 0.3) is 0 Å². The molecule has 0 bridgehead atoms. The molecule has 0 amide bonds. The van der Waals surface area contributed by atoms with Crippen molar-refractivity contribution >= 4 is 55.6 Å². The summed E-state index contributed by atoms with van der Waals surface area (Å²) in [5.41, 5.74) is 0.562. The van der Waals surface area contributed by atoms with Gasteiger partial charge >= 0.3 is 29.6 Å². The van der Waals surface area contributed by atoms with Gasteiger partial charge in [-0.25, -0.2) is 0 Å². The Labute approximate surface area is 108 Å². The Balaban J connectivity index is 0.00000144. The normalized spacial score (nSPS) is 10.6. The maximum absolute atomic E-state index is 10.5.